The van der Waals surface area contributed by atoms with E-state index in [1.807, 2.05) is 30.3 Å². The van der Waals surface area contributed by atoms with Gasteiger partial charge in [-0.1, -0.05) is 29.8 Å². The summed E-state index contributed by atoms with van der Waals surface area (Å²) in [5.74, 6) is -0.444. The number of rotatable bonds is 3. The predicted molar refractivity (Wildman–Crippen MR) is 110 cm³/mol. The number of hydrazone groups is 1. The highest BCUT2D eigenvalue weighted by molar-refractivity contribution is 6.30. The fraction of sp³-hybridized carbons (Fsp3) is 0.174. The van der Waals surface area contributed by atoms with Crippen LogP contribution in [0.2, 0.25) is 5.02 Å². The van der Waals surface area contributed by atoms with Crippen LogP contribution in [0.15, 0.2) is 65.8 Å². The third-order valence-corrected chi connectivity index (χ3v) is 5.62. The number of benzene rings is 3. The van der Waals surface area contributed by atoms with Gasteiger partial charge in [-0.2, -0.15) is 5.10 Å². The number of methoxy groups -OCH3 is 1. The summed E-state index contributed by atoms with van der Waals surface area (Å²) in [5.41, 5.74) is 3.16. The molecular formula is C23H17ClF2N2O2. The summed E-state index contributed by atoms with van der Waals surface area (Å²) >= 11 is 6.23. The standard InChI is InChI=1S/C23H17ClF2N2O2/c1-29-16-4-2-3-13(9-16)20-12-21-17-11-15(24)6-8-22(17)30-23(28(21)27-20)14-5-7-18(25)19(26)10-14/h2-11,21,23H,12H2,1H3/t21-,23+/m0/s1. The maximum atomic E-state index is 13.9. The zero-order valence-corrected chi connectivity index (χ0v) is 16.7. The summed E-state index contributed by atoms with van der Waals surface area (Å²) < 4.78 is 38.9. The summed E-state index contributed by atoms with van der Waals surface area (Å²) in [4.78, 5) is 0. The molecule has 2 aliphatic heterocycles. The van der Waals surface area contributed by atoms with Gasteiger partial charge in [-0.05, 0) is 42.5 Å². The molecule has 5 rings (SSSR count). The Labute approximate surface area is 177 Å². The lowest BCUT2D eigenvalue weighted by Gasteiger charge is -2.38. The summed E-state index contributed by atoms with van der Waals surface area (Å²) in [7, 11) is 1.62. The summed E-state index contributed by atoms with van der Waals surface area (Å²) in [6.07, 6.45) is -0.0776. The van der Waals surface area contributed by atoms with E-state index in [4.69, 9.17) is 26.2 Å². The van der Waals surface area contributed by atoms with Crippen molar-refractivity contribution >= 4 is 17.3 Å². The second-order valence-electron chi connectivity index (χ2n) is 7.20. The predicted octanol–water partition coefficient (Wildman–Crippen LogP) is 5.87. The minimum absolute atomic E-state index is 0.147. The molecule has 0 saturated heterocycles. The van der Waals surface area contributed by atoms with Gasteiger partial charge in [0.2, 0.25) is 6.23 Å². The zero-order chi connectivity index (χ0) is 20.8. The van der Waals surface area contributed by atoms with Crippen molar-refractivity contribution in [2.24, 2.45) is 5.10 Å². The molecule has 2 atom stereocenters. The number of nitrogens with zero attached hydrogens (tertiary/aromatic N) is 2. The SMILES string of the molecule is COc1cccc(C2=NN3[C@@H](c4ccc(F)c(F)c4)Oc4ccc(Cl)cc4[C@@H]3C2)c1. The first-order valence-electron chi connectivity index (χ1n) is 9.45. The van der Waals surface area contributed by atoms with E-state index in [9.17, 15) is 8.78 Å². The molecule has 0 N–H and O–H groups in total. The molecule has 0 unspecified atom stereocenters. The Balaban J connectivity index is 1.60. The summed E-state index contributed by atoms with van der Waals surface area (Å²) in [6.45, 7) is 0. The highest BCUT2D eigenvalue weighted by Crippen LogP contribution is 2.48. The van der Waals surface area contributed by atoms with E-state index in [2.05, 4.69) is 0 Å². The van der Waals surface area contributed by atoms with Crippen molar-refractivity contribution in [3.8, 4) is 11.5 Å². The van der Waals surface area contributed by atoms with Gasteiger partial charge in [-0.15, -0.1) is 0 Å². The number of ether oxygens (including phenoxy) is 2. The van der Waals surface area contributed by atoms with Crippen molar-refractivity contribution < 1.29 is 18.3 Å². The Morgan fingerprint density at radius 1 is 1.07 bits per heavy atom. The van der Waals surface area contributed by atoms with Crippen LogP contribution in [0.4, 0.5) is 8.78 Å². The number of fused-ring (bicyclic) bond motifs is 3. The largest absolute Gasteiger partial charge is 0.497 e. The van der Waals surface area contributed by atoms with Crippen LogP contribution in [-0.2, 0) is 0 Å². The second-order valence-corrected chi connectivity index (χ2v) is 7.64. The maximum absolute atomic E-state index is 13.9. The van der Waals surface area contributed by atoms with E-state index < -0.39 is 17.9 Å². The zero-order valence-electron chi connectivity index (χ0n) is 16.0. The summed E-state index contributed by atoms with van der Waals surface area (Å²) in [5, 5.41) is 7.19. The minimum atomic E-state index is -0.925. The van der Waals surface area contributed by atoms with Gasteiger partial charge in [0.25, 0.3) is 0 Å². The lowest BCUT2D eigenvalue weighted by molar-refractivity contribution is -0.0192. The Bertz CT molecular complexity index is 1170. The van der Waals surface area contributed by atoms with Crippen LogP contribution in [0, 0.1) is 11.6 Å². The van der Waals surface area contributed by atoms with Gasteiger partial charge in [-0.25, -0.2) is 13.8 Å². The normalized spacial score (nSPS) is 19.6. The maximum Gasteiger partial charge on any atom is 0.213 e. The average Bonchev–Trinajstić information content (AvgIpc) is 3.21. The highest BCUT2D eigenvalue weighted by Gasteiger charge is 2.41. The molecule has 0 saturated carbocycles. The van der Waals surface area contributed by atoms with E-state index in [1.54, 1.807) is 24.3 Å². The minimum Gasteiger partial charge on any atom is -0.497 e. The molecule has 0 amide bonds. The lowest BCUT2D eigenvalue weighted by atomic mass is 9.96. The first-order valence-corrected chi connectivity index (χ1v) is 9.82. The fourth-order valence-electron chi connectivity index (χ4n) is 3.92. The molecule has 3 aromatic rings. The van der Waals surface area contributed by atoms with Gasteiger partial charge < -0.3 is 9.47 Å². The van der Waals surface area contributed by atoms with Crippen LogP contribution in [0.3, 0.4) is 0 Å². The number of halogens is 3. The van der Waals surface area contributed by atoms with Crippen molar-refractivity contribution in [2.45, 2.75) is 18.7 Å². The molecule has 7 heteroatoms. The number of hydrogen-bond acceptors (Lipinski definition) is 4. The third kappa shape index (κ3) is 3.17. The van der Waals surface area contributed by atoms with Crippen LogP contribution in [0.5, 0.6) is 11.5 Å². The summed E-state index contributed by atoms with van der Waals surface area (Å²) in [6, 6.07) is 16.7. The van der Waals surface area contributed by atoms with E-state index in [0.717, 1.165) is 34.7 Å². The topological polar surface area (TPSA) is 34.1 Å². The molecule has 152 valence electrons. The molecule has 0 aromatic heterocycles. The van der Waals surface area contributed by atoms with E-state index in [1.165, 1.54) is 6.07 Å². The Morgan fingerprint density at radius 3 is 2.73 bits per heavy atom. The number of hydrogen-bond donors (Lipinski definition) is 0. The highest BCUT2D eigenvalue weighted by atomic mass is 35.5. The first-order chi connectivity index (χ1) is 14.5. The molecule has 2 aliphatic rings. The molecule has 30 heavy (non-hydrogen) atoms. The molecule has 4 nitrogen and oxygen atoms in total. The first kappa shape index (κ1) is 18.9. The third-order valence-electron chi connectivity index (χ3n) is 5.38. The smallest absolute Gasteiger partial charge is 0.213 e. The average molecular weight is 427 g/mol. The molecule has 0 fully saturated rings. The van der Waals surface area contributed by atoms with Crippen molar-refractivity contribution in [3.05, 3.63) is 94.0 Å². The van der Waals surface area contributed by atoms with Gasteiger partial charge in [0.05, 0.1) is 18.9 Å². The van der Waals surface area contributed by atoms with Crippen molar-refractivity contribution in [1.29, 1.82) is 0 Å². The Kier molecular flexibility index (Phi) is 4.59. The van der Waals surface area contributed by atoms with Gasteiger partial charge in [0.1, 0.15) is 11.5 Å². The molecule has 3 aromatic carbocycles. The van der Waals surface area contributed by atoms with Gasteiger partial charge in [0, 0.05) is 28.1 Å². The quantitative estimate of drug-likeness (QED) is 0.525. The van der Waals surface area contributed by atoms with Crippen LogP contribution in [0.25, 0.3) is 0 Å². The molecule has 0 bridgehead atoms. The van der Waals surface area contributed by atoms with Gasteiger partial charge >= 0.3 is 0 Å². The second kappa shape index (κ2) is 7.29. The van der Waals surface area contributed by atoms with E-state index in [0.29, 0.717) is 22.8 Å². The fourth-order valence-corrected chi connectivity index (χ4v) is 4.10. The van der Waals surface area contributed by atoms with Gasteiger partial charge in [-0.3, -0.25) is 0 Å². The molecule has 0 spiro atoms. The molecule has 0 aliphatic carbocycles. The Hall–Kier alpha value is -3.12. The van der Waals surface area contributed by atoms with E-state index in [-0.39, 0.29) is 6.04 Å². The van der Waals surface area contributed by atoms with Crippen molar-refractivity contribution in [3.63, 3.8) is 0 Å². The molecule has 2 heterocycles. The molecule has 0 radical (unpaired) electrons. The van der Waals surface area contributed by atoms with Crippen LogP contribution < -0.4 is 9.47 Å². The lowest BCUT2D eigenvalue weighted by Crippen LogP contribution is -2.33. The monoisotopic (exact) mass is 426 g/mol. The van der Waals surface area contributed by atoms with E-state index >= 15 is 0 Å². The Morgan fingerprint density at radius 2 is 1.93 bits per heavy atom. The molecular weight excluding hydrogens is 410 g/mol. The van der Waals surface area contributed by atoms with Crippen molar-refractivity contribution in [2.75, 3.05) is 7.11 Å². The van der Waals surface area contributed by atoms with Crippen LogP contribution in [0.1, 0.15) is 35.4 Å². The van der Waals surface area contributed by atoms with Crippen LogP contribution in [-0.4, -0.2) is 17.8 Å². The van der Waals surface area contributed by atoms with Crippen molar-refractivity contribution in [1.82, 2.24) is 5.01 Å². The van der Waals surface area contributed by atoms with Gasteiger partial charge in [0.15, 0.2) is 11.6 Å². The van der Waals surface area contributed by atoms with Crippen LogP contribution >= 0.6 is 11.6 Å².